The lowest BCUT2D eigenvalue weighted by atomic mass is 10.0. The zero-order valence-corrected chi connectivity index (χ0v) is 20.9. The molecule has 4 heteroatoms. The molecule has 3 nitrogen and oxygen atoms in total. The van der Waals surface area contributed by atoms with Gasteiger partial charge in [0.2, 0.25) is 0 Å². The van der Waals surface area contributed by atoms with Crippen molar-refractivity contribution in [1.29, 1.82) is 0 Å². The Morgan fingerprint density at radius 2 is 1.23 bits per heavy atom. The van der Waals surface area contributed by atoms with Gasteiger partial charge in [-0.2, -0.15) is 12.6 Å². The van der Waals surface area contributed by atoms with Gasteiger partial charge in [-0.1, -0.05) is 98.1 Å². The molecule has 4 aromatic carbocycles. The summed E-state index contributed by atoms with van der Waals surface area (Å²) in [4.78, 5) is 0. The zero-order chi connectivity index (χ0) is 25.5. The normalized spacial score (nSPS) is 10.0. The lowest BCUT2D eigenvalue weighted by molar-refractivity contribution is 0.323. The van der Waals surface area contributed by atoms with E-state index < -0.39 is 0 Å². The third-order valence-electron chi connectivity index (χ3n) is 4.99. The van der Waals surface area contributed by atoms with Gasteiger partial charge >= 0.3 is 0 Å². The molecule has 0 saturated heterocycles. The minimum Gasteiger partial charge on any atom is -0.508 e. The van der Waals surface area contributed by atoms with Crippen LogP contribution in [0.1, 0.15) is 22.3 Å². The number of hydrogen-bond acceptors (Lipinski definition) is 4. The molecule has 0 amide bonds. The number of thiol groups is 1. The molecule has 2 N–H and O–H groups in total. The van der Waals surface area contributed by atoms with Crippen LogP contribution in [0, 0.1) is 0 Å². The van der Waals surface area contributed by atoms with Crippen molar-refractivity contribution in [2.45, 2.75) is 0 Å². The fourth-order valence-electron chi connectivity index (χ4n) is 3.21. The van der Waals surface area contributed by atoms with E-state index in [1.54, 1.807) is 31.4 Å². The quantitative estimate of drug-likeness (QED) is 0.230. The predicted molar refractivity (Wildman–Crippen MR) is 155 cm³/mol. The van der Waals surface area contributed by atoms with E-state index >= 15 is 0 Å². The van der Waals surface area contributed by atoms with Crippen LogP contribution in [0.15, 0.2) is 98.1 Å². The first kappa shape index (κ1) is 27.5. The maximum atomic E-state index is 8.82. The van der Waals surface area contributed by atoms with Gasteiger partial charge in [0.05, 0.1) is 13.7 Å². The summed E-state index contributed by atoms with van der Waals surface area (Å²) >= 11 is 3.67. The van der Waals surface area contributed by atoms with Crippen LogP contribution in [0.3, 0.4) is 0 Å². The van der Waals surface area contributed by atoms with Crippen molar-refractivity contribution >= 4 is 47.7 Å². The van der Waals surface area contributed by atoms with Gasteiger partial charge in [-0.05, 0) is 57.3 Å². The highest BCUT2D eigenvalue weighted by Crippen LogP contribution is 2.30. The van der Waals surface area contributed by atoms with Crippen LogP contribution < -0.4 is 4.74 Å². The summed E-state index contributed by atoms with van der Waals surface area (Å²) in [5, 5.41) is 19.4. The van der Waals surface area contributed by atoms with Crippen molar-refractivity contribution in [1.82, 2.24) is 0 Å². The molecule has 0 aliphatic heterocycles. The number of ether oxygens (including phenoxy) is 1. The van der Waals surface area contributed by atoms with E-state index in [9.17, 15) is 0 Å². The molecule has 35 heavy (non-hydrogen) atoms. The van der Waals surface area contributed by atoms with Crippen molar-refractivity contribution < 1.29 is 14.9 Å². The number of phenols is 1. The maximum absolute atomic E-state index is 8.82. The summed E-state index contributed by atoms with van der Waals surface area (Å²) in [6.45, 7) is 7.41. The van der Waals surface area contributed by atoms with E-state index in [0.717, 1.165) is 16.9 Å². The molecule has 180 valence electrons. The third-order valence-corrected chi connectivity index (χ3v) is 5.19. The van der Waals surface area contributed by atoms with Gasteiger partial charge in [-0.3, -0.25) is 0 Å². The standard InChI is InChI=1S/C12H8.C9H10O.C8H8O.C2H6OS/c1-3-9-4-2-6-11-8-7-10(5-1)12(9)11;1-3-8-4-6-9(10-2)7-5-8;1-2-7-3-5-8(9)6-4-7;3-1-2-4/h1-8H;3-7H,1H2,2H3;2-6,9H,1H2;3-4H,1-2H2. The number of benzene rings is 4. The van der Waals surface area contributed by atoms with Gasteiger partial charge in [0.25, 0.3) is 0 Å². The third kappa shape index (κ3) is 8.85. The molecule has 4 aromatic rings. The number of phenolic OH excluding ortho intramolecular Hbond substituents is 1. The molecule has 0 heterocycles. The Kier molecular flexibility index (Phi) is 12.0. The second kappa shape index (κ2) is 15.2. The van der Waals surface area contributed by atoms with Crippen LogP contribution in [-0.4, -0.2) is 29.7 Å². The first-order valence-corrected chi connectivity index (χ1v) is 11.8. The van der Waals surface area contributed by atoms with Crippen LogP contribution in [0.4, 0.5) is 0 Å². The topological polar surface area (TPSA) is 49.7 Å². The Bertz CT molecular complexity index is 1180. The Morgan fingerprint density at radius 3 is 1.63 bits per heavy atom. The number of methoxy groups -OCH3 is 1. The summed E-state index contributed by atoms with van der Waals surface area (Å²) in [6.07, 6.45) is 7.90. The summed E-state index contributed by atoms with van der Waals surface area (Å²) < 4.78 is 4.98. The van der Waals surface area contributed by atoms with Crippen molar-refractivity contribution in [2.24, 2.45) is 0 Å². The molecule has 0 saturated carbocycles. The van der Waals surface area contributed by atoms with Crippen LogP contribution in [0.25, 0.3) is 35.1 Å². The predicted octanol–water partition coefficient (Wildman–Crippen LogP) is 7.61. The number of rotatable bonds is 4. The van der Waals surface area contributed by atoms with Crippen molar-refractivity contribution in [3.63, 3.8) is 0 Å². The fraction of sp³-hybridized carbons (Fsp3) is 0.0968. The van der Waals surface area contributed by atoms with Gasteiger partial charge in [-0.25, -0.2) is 0 Å². The summed E-state index contributed by atoms with van der Waals surface area (Å²) in [6, 6.07) is 27.5. The highest BCUT2D eigenvalue weighted by Gasteiger charge is 2.06. The smallest absolute Gasteiger partial charge is 0.118 e. The summed E-state index contributed by atoms with van der Waals surface area (Å²) in [5.41, 5.74) is 4.83. The van der Waals surface area contributed by atoms with Gasteiger partial charge in [-0.15, -0.1) is 0 Å². The molecule has 0 bridgehead atoms. The molecule has 5 rings (SSSR count). The largest absolute Gasteiger partial charge is 0.508 e. The lowest BCUT2D eigenvalue weighted by Gasteiger charge is -1.99. The van der Waals surface area contributed by atoms with Crippen LogP contribution in [0.5, 0.6) is 11.5 Å². The summed E-state index contributed by atoms with van der Waals surface area (Å²) in [7, 11) is 1.66. The highest BCUT2D eigenvalue weighted by atomic mass is 32.1. The Morgan fingerprint density at radius 1 is 0.771 bits per heavy atom. The molecule has 0 radical (unpaired) electrons. The van der Waals surface area contributed by atoms with Crippen LogP contribution >= 0.6 is 12.6 Å². The van der Waals surface area contributed by atoms with Gasteiger partial charge in [0.15, 0.2) is 0 Å². The van der Waals surface area contributed by atoms with Crippen molar-refractivity contribution in [2.75, 3.05) is 19.5 Å². The number of hydrogen-bond donors (Lipinski definition) is 3. The first-order chi connectivity index (χ1) is 17.1. The lowest BCUT2D eigenvalue weighted by Crippen LogP contribution is -1.80. The van der Waals surface area contributed by atoms with Gasteiger partial charge in [0, 0.05) is 5.75 Å². The second-order valence-electron chi connectivity index (χ2n) is 7.35. The molecule has 0 atom stereocenters. The molecule has 1 aliphatic carbocycles. The second-order valence-corrected chi connectivity index (χ2v) is 7.79. The summed E-state index contributed by atoms with van der Waals surface area (Å²) in [5.74, 6) is 1.74. The SMILES string of the molecule is C1=Cc2cccc3cccc1c23.C=Cc1ccc(O)cc1.C=Cc1ccc(OC)cc1.OCCS. The molecule has 0 unspecified atom stereocenters. The molecule has 0 fully saturated rings. The Hall–Kier alpha value is -3.73. The number of aliphatic hydroxyl groups is 1. The van der Waals surface area contributed by atoms with Gasteiger partial charge < -0.3 is 14.9 Å². The average Bonchev–Trinajstić information content (AvgIpc) is 3.35. The highest BCUT2D eigenvalue weighted by molar-refractivity contribution is 7.80. The van der Waals surface area contributed by atoms with Gasteiger partial charge in [0.1, 0.15) is 11.5 Å². The zero-order valence-electron chi connectivity index (χ0n) is 20.0. The van der Waals surface area contributed by atoms with E-state index in [1.165, 1.54) is 21.9 Å². The Labute approximate surface area is 213 Å². The van der Waals surface area contributed by atoms with E-state index in [4.69, 9.17) is 14.9 Å². The minimum absolute atomic E-state index is 0.184. The molecular weight excluding hydrogens is 452 g/mol. The molecular formula is C31H32O3S. The number of aliphatic hydroxyl groups excluding tert-OH is 1. The van der Waals surface area contributed by atoms with E-state index in [2.05, 4.69) is 74.3 Å². The Balaban J connectivity index is 0.000000174. The maximum Gasteiger partial charge on any atom is 0.118 e. The van der Waals surface area contributed by atoms with E-state index in [-0.39, 0.29) is 6.61 Å². The van der Waals surface area contributed by atoms with Crippen molar-refractivity contribution in [3.8, 4) is 11.5 Å². The van der Waals surface area contributed by atoms with E-state index in [1.807, 2.05) is 36.4 Å². The first-order valence-electron chi connectivity index (χ1n) is 11.2. The van der Waals surface area contributed by atoms with Crippen molar-refractivity contribution in [3.05, 3.63) is 120 Å². The molecule has 0 aromatic heterocycles. The molecule has 1 aliphatic rings. The number of aromatic hydroxyl groups is 1. The minimum atomic E-state index is 0.184. The fourth-order valence-corrected chi connectivity index (χ4v) is 3.21. The monoisotopic (exact) mass is 484 g/mol. The molecule has 0 spiro atoms. The average molecular weight is 485 g/mol. The van der Waals surface area contributed by atoms with Crippen LogP contribution in [-0.2, 0) is 0 Å². The van der Waals surface area contributed by atoms with Crippen LogP contribution in [0.2, 0.25) is 0 Å². The van der Waals surface area contributed by atoms with E-state index in [0.29, 0.717) is 11.5 Å².